The fraction of sp³-hybridized carbons (Fsp3) is 0.545. The van der Waals surface area contributed by atoms with E-state index >= 15 is 0 Å². The highest BCUT2D eigenvalue weighted by atomic mass is 16.4. The van der Waals surface area contributed by atoms with Crippen LogP contribution in [-0.4, -0.2) is 40.3 Å². The molecule has 0 unspecified atom stereocenters. The quantitative estimate of drug-likeness (QED) is 0.524. The van der Waals surface area contributed by atoms with Gasteiger partial charge in [-0.1, -0.05) is 30.3 Å². The van der Waals surface area contributed by atoms with E-state index in [2.05, 4.69) is 10.6 Å². The molecule has 0 fully saturated rings. The predicted molar refractivity (Wildman–Crippen MR) is 110 cm³/mol. The predicted octanol–water partition coefficient (Wildman–Crippen LogP) is 2.48. The number of carbonyl (C=O) groups excluding carboxylic acids is 3. The Morgan fingerprint density at radius 3 is 2.21 bits per heavy atom. The van der Waals surface area contributed by atoms with Gasteiger partial charge in [-0.2, -0.15) is 0 Å². The molecule has 2 atom stereocenters. The fourth-order valence-electron chi connectivity index (χ4n) is 2.81. The first-order valence-electron chi connectivity index (χ1n) is 9.87. The van der Waals surface area contributed by atoms with Gasteiger partial charge in [0.2, 0.25) is 11.8 Å². The lowest BCUT2D eigenvalue weighted by Crippen LogP contribution is -2.43. The third-order valence-corrected chi connectivity index (χ3v) is 4.34. The molecule has 0 heterocycles. The molecule has 1 aromatic rings. The Kier molecular flexibility index (Phi) is 9.51. The first-order chi connectivity index (χ1) is 13.5. The maximum Gasteiger partial charge on any atom is 0.325 e. The van der Waals surface area contributed by atoms with Crippen LogP contribution < -0.4 is 10.6 Å². The van der Waals surface area contributed by atoms with Crippen molar-refractivity contribution in [1.82, 2.24) is 10.6 Å². The average molecular weight is 405 g/mol. The SMILES string of the molecule is C[C@H](NC(=O)[C@H](CCC(=O)NC(C)(C)C)CC(=O)CCc1ccccc1)C(=O)O. The highest BCUT2D eigenvalue weighted by Gasteiger charge is 2.26. The second-order valence-electron chi connectivity index (χ2n) is 8.33. The first kappa shape index (κ1) is 24.3. The number of ketones is 1. The van der Waals surface area contributed by atoms with Crippen LogP contribution in [0.15, 0.2) is 30.3 Å². The third-order valence-electron chi connectivity index (χ3n) is 4.34. The Morgan fingerprint density at radius 1 is 1.03 bits per heavy atom. The molecule has 0 bridgehead atoms. The number of aryl methyl sites for hydroxylation is 1. The van der Waals surface area contributed by atoms with Crippen molar-refractivity contribution in [2.24, 2.45) is 5.92 Å². The van der Waals surface area contributed by atoms with Gasteiger partial charge in [-0.25, -0.2) is 0 Å². The van der Waals surface area contributed by atoms with Crippen LogP contribution in [0.25, 0.3) is 0 Å². The van der Waals surface area contributed by atoms with E-state index in [1.165, 1.54) is 6.92 Å². The summed E-state index contributed by atoms with van der Waals surface area (Å²) < 4.78 is 0. The highest BCUT2D eigenvalue weighted by molar-refractivity contribution is 5.89. The minimum Gasteiger partial charge on any atom is -0.480 e. The highest BCUT2D eigenvalue weighted by Crippen LogP contribution is 2.16. The number of carboxylic acids is 1. The van der Waals surface area contributed by atoms with E-state index in [4.69, 9.17) is 5.11 Å². The van der Waals surface area contributed by atoms with Gasteiger partial charge in [0.05, 0.1) is 0 Å². The summed E-state index contributed by atoms with van der Waals surface area (Å²) in [4.78, 5) is 48.0. The molecule has 29 heavy (non-hydrogen) atoms. The molecule has 0 aromatic heterocycles. The van der Waals surface area contributed by atoms with Gasteiger partial charge in [-0.15, -0.1) is 0 Å². The van der Waals surface area contributed by atoms with E-state index in [0.717, 1.165) is 5.56 Å². The molecule has 0 saturated carbocycles. The summed E-state index contributed by atoms with van der Waals surface area (Å²) in [5.41, 5.74) is 0.643. The van der Waals surface area contributed by atoms with E-state index < -0.39 is 29.4 Å². The topological polar surface area (TPSA) is 113 Å². The van der Waals surface area contributed by atoms with Crippen molar-refractivity contribution in [2.75, 3.05) is 0 Å². The smallest absolute Gasteiger partial charge is 0.325 e. The number of hydrogen-bond donors (Lipinski definition) is 3. The largest absolute Gasteiger partial charge is 0.480 e. The van der Waals surface area contributed by atoms with Crippen molar-refractivity contribution in [1.29, 1.82) is 0 Å². The normalized spacial score (nSPS) is 13.2. The minimum atomic E-state index is -1.15. The lowest BCUT2D eigenvalue weighted by atomic mass is 9.93. The van der Waals surface area contributed by atoms with Gasteiger partial charge in [0.25, 0.3) is 0 Å². The lowest BCUT2D eigenvalue weighted by Gasteiger charge is -2.22. The van der Waals surface area contributed by atoms with Gasteiger partial charge >= 0.3 is 5.97 Å². The Balaban J connectivity index is 2.69. The Labute approximate surface area is 172 Å². The summed E-state index contributed by atoms with van der Waals surface area (Å²) >= 11 is 0. The number of rotatable bonds is 11. The molecule has 0 aliphatic carbocycles. The number of carboxylic acid groups (broad SMARTS) is 1. The van der Waals surface area contributed by atoms with Crippen molar-refractivity contribution in [3.05, 3.63) is 35.9 Å². The van der Waals surface area contributed by atoms with E-state index in [9.17, 15) is 19.2 Å². The maximum absolute atomic E-state index is 12.5. The van der Waals surface area contributed by atoms with E-state index in [0.29, 0.717) is 6.42 Å². The van der Waals surface area contributed by atoms with Crippen molar-refractivity contribution >= 4 is 23.6 Å². The lowest BCUT2D eigenvalue weighted by molar-refractivity contribution is -0.142. The molecule has 2 amide bonds. The van der Waals surface area contributed by atoms with Crippen LogP contribution in [-0.2, 0) is 25.6 Å². The minimum absolute atomic E-state index is 0.0200. The number of Topliss-reactive ketones (excluding diaryl/α,β-unsaturated/α-hetero) is 1. The molecule has 0 aliphatic heterocycles. The Hall–Kier alpha value is -2.70. The summed E-state index contributed by atoms with van der Waals surface area (Å²) in [6.45, 7) is 6.94. The van der Waals surface area contributed by atoms with Crippen LogP contribution in [0.2, 0.25) is 0 Å². The van der Waals surface area contributed by atoms with Crippen molar-refractivity contribution in [3.8, 4) is 0 Å². The first-order valence-corrected chi connectivity index (χ1v) is 9.87. The molecule has 160 valence electrons. The summed E-state index contributed by atoms with van der Waals surface area (Å²) in [5.74, 6) is -2.72. The van der Waals surface area contributed by atoms with Gasteiger partial charge < -0.3 is 15.7 Å². The van der Waals surface area contributed by atoms with Crippen LogP contribution in [0, 0.1) is 5.92 Å². The van der Waals surface area contributed by atoms with Crippen molar-refractivity contribution < 1.29 is 24.3 Å². The zero-order chi connectivity index (χ0) is 22.0. The molecular weight excluding hydrogens is 372 g/mol. The zero-order valence-electron chi connectivity index (χ0n) is 17.7. The molecule has 7 nitrogen and oxygen atoms in total. The molecule has 1 rings (SSSR count). The Bertz CT molecular complexity index is 710. The molecular formula is C22H32N2O5. The average Bonchev–Trinajstić information content (AvgIpc) is 2.62. The number of nitrogens with one attached hydrogen (secondary N) is 2. The summed E-state index contributed by atoms with van der Waals surface area (Å²) in [5, 5.41) is 14.2. The molecule has 1 aromatic carbocycles. The van der Waals surface area contributed by atoms with Crippen LogP contribution in [0.1, 0.15) is 58.9 Å². The molecule has 0 spiro atoms. The van der Waals surface area contributed by atoms with Crippen LogP contribution in [0.4, 0.5) is 0 Å². The van der Waals surface area contributed by atoms with Crippen LogP contribution in [0.5, 0.6) is 0 Å². The second-order valence-corrected chi connectivity index (χ2v) is 8.33. The number of aliphatic carboxylic acids is 1. The summed E-state index contributed by atoms with van der Waals surface area (Å²) in [7, 11) is 0. The zero-order valence-corrected chi connectivity index (χ0v) is 17.7. The van der Waals surface area contributed by atoms with Gasteiger partial charge in [0, 0.05) is 30.7 Å². The third kappa shape index (κ3) is 10.4. The molecule has 0 aliphatic rings. The van der Waals surface area contributed by atoms with Gasteiger partial charge in [0.15, 0.2) is 0 Å². The van der Waals surface area contributed by atoms with Gasteiger partial charge in [0.1, 0.15) is 11.8 Å². The monoisotopic (exact) mass is 404 g/mol. The van der Waals surface area contributed by atoms with E-state index in [1.807, 2.05) is 51.1 Å². The van der Waals surface area contributed by atoms with Gasteiger partial charge in [-0.3, -0.25) is 19.2 Å². The standard InChI is InChI=1S/C22H32N2O5/c1-15(21(28)29)23-20(27)17(11-13-19(26)24-22(2,3)4)14-18(25)12-10-16-8-6-5-7-9-16/h5-9,15,17H,10-14H2,1-4H3,(H,23,27)(H,24,26)(H,28,29)/t15-,17+/m0/s1. The van der Waals surface area contributed by atoms with Gasteiger partial charge in [-0.05, 0) is 46.1 Å². The number of carbonyl (C=O) groups is 4. The molecule has 3 N–H and O–H groups in total. The number of benzene rings is 1. The number of hydrogen-bond acceptors (Lipinski definition) is 4. The van der Waals surface area contributed by atoms with Crippen molar-refractivity contribution in [2.45, 2.75) is 71.4 Å². The van der Waals surface area contributed by atoms with Crippen LogP contribution in [0.3, 0.4) is 0 Å². The van der Waals surface area contributed by atoms with E-state index in [1.54, 1.807) is 0 Å². The molecule has 7 heteroatoms. The van der Waals surface area contributed by atoms with Crippen molar-refractivity contribution in [3.63, 3.8) is 0 Å². The fourth-order valence-corrected chi connectivity index (χ4v) is 2.81. The summed E-state index contributed by atoms with van der Waals surface area (Å²) in [6, 6.07) is 8.51. The molecule has 0 radical (unpaired) electrons. The number of amides is 2. The maximum atomic E-state index is 12.5. The Morgan fingerprint density at radius 2 is 1.66 bits per heavy atom. The summed E-state index contributed by atoms with van der Waals surface area (Å²) in [6.07, 6.45) is 1.11. The van der Waals surface area contributed by atoms with Crippen LogP contribution >= 0.6 is 0 Å². The second kappa shape index (κ2) is 11.3. The molecule has 0 saturated heterocycles. The van der Waals surface area contributed by atoms with E-state index in [-0.39, 0.29) is 37.4 Å².